The molecule has 0 amide bonds. The summed E-state index contributed by atoms with van der Waals surface area (Å²) in [5.74, 6) is 0.133. The van der Waals surface area contributed by atoms with Crippen LogP contribution >= 0.6 is 0 Å². The van der Waals surface area contributed by atoms with Crippen LogP contribution in [0.4, 0.5) is 0 Å². The molecule has 1 unspecified atom stereocenters. The summed E-state index contributed by atoms with van der Waals surface area (Å²) >= 11 is 0. The van der Waals surface area contributed by atoms with Crippen molar-refractivity contribution in [3.05, 3.63) is 71.3 Å². The minimum absolute atomic E-state index is 0.102. The Morgan fingerprint density at radius 2 is 1.58 bits per heavy atom. The van der Waals surface area contributed by atoms with Gasteiger partial charge in [0.05, 0.1) is 6.10 Å². The highest BCUT2D eigenvalue weighted by Crippen LogP contribution is 2.40. The molecule has 0 aliphatic heterocycles. The maximum Gasteiger partial charge on any atom is 0.192 e. The lowest BCUT2D eigenvalue weighted by Crippen LogP contribution is -2.42. The van der Waals surface area contributed by atoms with Crippen molar-refractivity contribution >= 4 is 14.1 Å². The predicted molar refractivity (Wildman–Crippen MR) is 112 cm³/mol. The molecule has 0 spiro atoms. The van der Waals surface area contributed by atoms with Gasteiger partial charge in [0.2, 0.25) is 0 Å². The summed E-state index contributed by atoms with van der Waals surface area (Å²) in [6, 6.07) is 18.0. The van der Waals surface area contributed by atoms with Gasteiger partial charge in [0.15, 0.2) is 14.1 Å². The van der Waals surface area contributed by atoms with Gasteiger partial charge in [-0.3, -0.25) is 4.79 Å². The van der Waals surface area contributed by atoms with E-state index in [1.54, 1.807) is 0 Å². The van der Waals surface area contributed by atoms with E-state index in [2.05, 4.69) is 65.1 Å². The topological polar surface area (TPSA) is 26.3 Å². The Hall–Kier alpha value is -1.71. The molecule has 0 bridgehead atoms. The van der Waals surface area contributed by atoms with Gasteiger partial charge in [-0.05, 0) is 35.7 Å². The summed E-state index contributed by atoms with van der Waals surface area (Å²) in [5, 5.41) is 0.102. The van der Waals surface area contributed by atoms with E-state index in [9.17, 15) is 4.79 Å². The van der Waals surface area contributed by atoms with Crippen molar-refractivity contribution in [2.45, 2.75) is 64.8 Å². The van der Waals surface area contributed by atoms with Crippen LogP contribution in [0.5, 0.6) is 0 Å². The lowest BCUT2D eigenvalue weighted by atomic mass is 9.99. The average Bonchev–Trinajstić information content (AvgIpc) is 2.61. The van der Waals surface area contributed by atoms with Gasteiger partial charge < -0.3 is 4.43 Å². The van der Waals surface area contributed by atoms with E-state index in [4.69, 9.17) is 4.43 Å². The SMILES string of the molecule is CCc1ccc(C(CC(=O)c2ccccc2)O[Si](C)(C)C(C)(C)C)cc1. The highest BCUT2D eigenvalue weighted by atomic mass is 28.4. The lowest BCUT2D eigenvalue weighted by molar-refractivity contribution is 0.0891. The van der Waals surface area contributed by atoms with Crippen LogP contribution in [0, 0.1) is 0 Å². The molecule has 0 saturated heterocycles. The predicted octanol–water partition coefficient (Wildman–Crippen LogP) is 6.58. The molecule has 3 heteroatoms. The van der Waals surface area contributed by atoms with Crippen molar-refractivity contribution in [2.24, 2.45) is 0 Å². The number of Topliss-reactive ketones (excluding diaryl/α,β-unsaturated/α-hetero) is 1. The van der Waals surface area contributed by atoms with Crippen molar-refractivity contribution in [3.63, 3.8) is 0 Å². The quantitative estimate of drug-likeness (QED) is 0.407. The van der Waals surface area contributed by atoms with E-state index in [1.807, 2.05) is 30.3 Å². The van der Waals surface area contributed by atoms with E-state index >= 15 is 0 Å². The van der Waals surface area contributed by atoms with Crippen molar-refractivity contribution in [1.29, 1.82) is 0 Å². The summed E-state index contributed by atoms with van der Waals surface area (Å²) in [6.45, 7) is 13.3. The van der Waals surface area contributed by atoms with E-state index in [0.717, 1.165) is 17.5 Å². The monoisotopic (exact) mass is 368 g/mol. The Morgan fingerprint density at radius 3 is 2.08 bits per heavy atom. The van der Waals surface area contributed by atoms with Gasteiger partial charge >= 0.3 is 0 Å². The standard InChI is InChI=1S/C23H32O2Si/c1-7-18-13-15-20(16-14-18)22(25-26(5,6)23(2,3)4)17-21(24)19-11-9-8-10-12-19/h8-16,22H,7,17H2,1-6H3. The largest absolute Gasteiger partial charge is 0.409 e. The number of benzene rings is 2. The first-order valence-corrected chi connectivity index (χ1v) is 12.4. The zero-order chi connectivity index (χ0) is 19.4. The van der Waals surface area contributed by atoms with Crippen LogP contribution in [0.2, 0.25) is 18.1 Å². The van der Waals surface area contributed by atoms with Crippen LogP contribution in [0.15, 0.2) is 54.6 Å². The molecule has 0 heterocycles. The Balaban J connectivity index is 2.30. The number of ketones is 1. The second-order valence-corrected chi connectivity index (χ2v) is 13.2. The van der Waals surface area contributed by atoms with Crippen molar-refractivity contribution in [1.82, 2.24) is 0 Å². The van der Waals surface area contributed by atoms with Crippen LogP contribution in [0.25, 0.3) is 0 Å². The van der Waals surface area contributed by atoms with Crippen LogP contribution in [0.1, 0.15) is 61.7 Å². The molecule has 2 nitrogen and oxygen atoms in total. The zero-order valence-electron chi connectivity index (χ0n) is 17.0. The molecule has 0 N–H and O–H groups in total. The Morgan fingerprint density at radius 1 is 1.00 bits per heavy atom. The summed E-state index contributed by atoms with van der Waals surface area (Å²) in [4.78, 5) is 12.8. The smallest absolute Gasteiger partial charge is 0.192 e. The van der Waals surface area contributed by atoms with Gasteiger partial charge in [0.25, 0.3) is 0 Å². The summed E-state index contributed by atoms with van der Waals surface area (Å²) in [6.07, 6.45) is 1.19. The van der Waals surface area contributed by atoms with Gasteiger partial charge in [-0.25, -0.2) is 0 Å². The van der Waals surface area contributed by atoms with Crippen LogP contribution in [0.3, 0.4) is 0 Å². The second-order valence-electron chi connectivity index (χ2n) is 8.46. The summed E-state index contributed by atoms with van der Waals surface area (Å²) in [5.41, 5.74) is 3.15. The maximum atomic E-state index is 12.8. The molecule has 0 aliphatic carbocycles. The fourth-order valence-corrected chi connectivity index (χ4v) is 3.92. The highest BCUT2D eigenvalue weighted by molar-refractivity contribution is 6.74. The number of rotatable bonds is 7. The first-order chi connectivity index (χ1) is 12.1. The molecule has 0 fully saturated rings. The van der Waals surface area contributed by atoms with E-state index in [-0.39, 0.29) is 16.9 Å². The molecule has 0 aromatic heterocycles. The molecule has 2 aromatic rings. The normalized spacial score (nSPS) is 13.5. The molecule has 26 heavy (non-hydrogen) atoms. The number of hydrogen-bond acceptors (Lipinski definition) is 2. The molecule has 0 aliphatic rings. The van der Waals surface area contributed by atoms with Gasteiger partial charge in [0, 0.05) is 12.0 Å². The van der Waals surface area contributed by atoms with Crippen molar-refractivity contribution in [3.8, 4) is 0 Å². The summed E-state index contributed by atoms with van der Waals surface area (Å²) < 4.78 is 6.67. The summed E-state index contributed by atoms with van der Waals surface area (Å²) in [7, 11) is -1.99. The van der Waals surface area contributed by atoms with Crippen LogP contribution < -0.4 is 0 Å². The number of carbonyl (C=O) groups excluding carboxylic acids is 1. The van der Waals surface area contributed by atoms with E-state index in [1.165, 1.54) is 5.56 Å². The fourth-order valence-electron chi connectivity index (χ4n) is 2.64. The Labute approximate surface area is 159 Å². The van der Waals surface area contributed by atoms with Gasteiger partial charge in [0.1, 0.15) is 0 Å². The average molecular weight is 369 g/mol. The fraction of sp³-hybridized carbons (Fsp3) is 0.435. The third-order valence-electron chi connectivity index (χ3n) is 5.47. The zero-order valence-corrected chi connectivity index (χ0v) is 18.0. The first-order valence-electron chi connectivity index (χ1n) is 9.49. The second kappa shape index (κ2) is 8.32. The minimum atomic E-state index is -1.99. The molecular formula is C23H32O2Si. The van der Waals surface area contributed by atoms with Gasteiger partial charge in [-0.1, -0.05) is 82.3 Å². The van der Waals surface area contributed by atoms with Gasteiger partial charge in [-0.2, -0.15) is 0 Å². The molecule has 140 valence electrons. The third-order valence-corrected chi connectivity index (χ3v) is 9.96. The minimum Gasteiger partial charge on any atom is -0.409 e. The van der Waals surface area contributed by atoms with Crippen LogP contribution in [-0.4, -0.2) is 14.1 Å². The van der Waals surface area contributed by atoms with Crippen molar-refractivity contribution in [2.75, 3.05) is 0 Å². The van der Waals surface area contributed by atoms with Crippen LogP contribution in [-0.2, 0) is 10.8 Å². The van der Waals surface area contributed by atoms with Crippen molar-refractivity contribution < 1.29 is 9.22 Å². The first kappa shape index (κ1) is 20.6. The molecule has 0 saturated carbocycles. The molecule has 2 rings (SSSR count). The maximum absolute atomic E-state index is 12.8. The Bertz CT molecular complexity index is 712. The lowest BCUT2D eigenvalue weighted by Gasteiger charge is -2.39. The van der Waals surface area contributed by atoms with E-state index < -0.39 is 8.32 Å². The number of hydrogen-bond donors (Lipinski definition) is 0. The molecule has 2 aromatic carbocycles. The van der Waals surface area contributed by atoms with E-state index in [0.29, 0.717) is 6.42 Å². The highest BCUT2D eigenvalue weighted by Gasteiger charge is 2.39. The Kier molecular flexibility index (Phi) is 6.59. The number of aryl methyl sites for hydroxylation is 1. The number of carbonyl (C=O) groups is 1. The molecule has 1 atom stereocenters. The third kappa shape index (κ3) is 5.15. The molecule has 0 radical (unpaired) electrons. The van der Waals surface area contributed by atoms with Gasteiger partial charge in [-0.15, -0.1) is 0 Å². The molecular weight excluding hydrogens is 336 g/mol.